The van der Waals surface area contributed by atoms with E-state index in [-0.39, 0.29) is 22.7 Å². The molecule has 0 unspecified atom stereocenters. The maximum absolute atomic E-state index is 12.6. The number of nitro groups is 1. The Morgan fingerprint density at radius 3 is 2.28 bits per heavy atom. The van der Waals surface area contributed by atoms with E-state index in [9.17, 15) is 32.9 Å². The van der Waals surface area contributed by atoms with Gasteiger partial charge < -0.3 is 14.8 Å². The van der Waals surface area contributed by atoms with Crippen molar-refractivity contribution in [2.24, 2.45) is 0 Å². The number of methoxy groups -OCH3 is 1. The van der Waals surface area contributed by atoms with Gasteiger partial charge in [-0.05, 0) is 37.3 Å². The molecule has 8 nitrogen and oxygen atoms in total. The molecule has 2 aromatic rings. The van der Waals surface area contributed by atoms with Crippen LogP contribution in [0.5, 0.6) is 5.75 Å². The Bertz CT molecular complexity index is 928. The Morgan fingerprint density at radius 2 is 1.76 bits per heavy atom. The number of non-ortho nitro benzene ring substituents is 1. The van der Waals surface area contributed by atoms with E-state index in [1.54, 1.807) is 0 Å². The summed E-state index contributed by atoms with van der Waals surface area (Å²) in [6, 6.07) is 6.83. The number of esters is 1. The quantitative estimate of drug-likeness (QED) is 0.439. The molecule has 0 aliphatic heterocycles. The summed E-state index contributed by atoms with van der Waals surface area (Å²) in [6.07, 6.45) is -5.84. The van der Waals surface area contributed by atoms with Crippen molar-refractivity contribution in [3.63, 3.8) is 0 Å². The van der Waals surface area contributed by atoms with Crippen molar-refractivity contribution in [1.29, 1.82) is 0 Å². The van der Waals surface area contributed by atoms with Gasteiger partial charge in [0.1, 0.15) is 5.75 Å². The number of nitro benzene ring substituents is 1. The molecule has 0 saturated heterocycles. The largest absolute Gasteiger partial charge is 0.494 e. The lowest BCUT2D eigenvalue weighted by atomic mass is 10.1. The highest BCUT2D eigenvalue weighted by molar-refractivity contribution is 5.98. The zero-order valence-electron chi connectivity index (χ0n) is 15.1. The number of ether oxygens (including phenoxy) is 2. The van der Waals surface area contributed by atoms with Crippen LogP contribution in [0.4, 0.5) is 24.5 Å². The normalized spacial score (nSPS) is 12.0. The number of rotatable bonds is 6. The topological polar surface area (TPSA) is 108 Å². The number of nitrogens with one attached hydrogen (secondary N) is 1. The molecule has 1 N–H and O–H groups in total. The lowest BCUT2D eigenvalue weighted by molar-refractivity contribution is -0.384. The van der Waals surface area contributed by atoms with Gasteiger partial charge in [0, 0.05) is 6.07 Å². The molecule has 0 aliphatic carbocycles. The van der Waals surface area contributed by atoms with Crippen molar-refractivity contribution in [3.8, 4) is 5.75 Å². The Morgan fingerprint density at radius 1 is 1.14 bits per heavy atom. The van der Waals surface area contributed by atoms with E-state index >= 15 is 0 Å². The Kier molecular flexibility index (Phi) is 6.42. The molecule has 0 heterocycles. The van der Waals surface area contributed by atoms with Crippen molar-refractivity contribution in [2.75, 3.05) is 12.4 Å². The zero-order valence-corrected chi connectivity index (χ0v) is 15.1. The van der Waals surface area contributed by atoms with Gasteiger partial charge in [-0.25, -0.2) is 4.79 Å². The van der Waals surface area contributed by atoms with Crippen LogP contribution in [-0.2, 0) is 15.7 Å². The fourth-order valence-corrected chi connectivity index (χ4v) is 2.21. The molecule has 0 fully saturated rings. The minimum absolute atomic E-state index is 0.0221. The molecule has 154 valence electrons. The fraction of sp³-hybridized carbons (Fsp3) is 0.222. The summed E-state index contributed by atoms with van der Waals surface area (Å²) in [6.45, 7) is 1.26. The van der Waals surface area contributed by atoms with Gasteiger partial charge in [-0.1, -0.05) is 0 Å². The van der Waals surface area contributed by atoms with Crippen molar-refractivity contribution < 1.29 is 37.2 Å². The van der Waals surface area contributed by atoms with Crippen molar-refractivity contribution in [3.05, 3.63) is 63.7 Å². The summed E-state index contributed by atoms with van der Waals surface area (Å²) in [5.74, 6) is -1.73. The molecule has 0 aliphatic rings. The predicted octanol–water partition coefficient (Wildman–Crippen LogP) is 3.81. The number of halogens is 3. The molecule has 1 atom stereocenters. The lowest BCUT2D eigenvalue weighted by Gasteiger charge is -2.15. The van der Waals surface area contributed by atoms with Gasteiger partial charge in [-0.2, -0.15) is 13.2 Å². The minimum atomic E-state index is -4.54. The molecule has 0 aromatic heterocycles. The molecule has 0 bridgehead atoms. The summed E-state index contributed by atoms with van der Waals surface area (Å²) in [5.41, 5.74) is -1.22. The second-order valence-corrected chi connectivity index (χ2v) is 5.75. The second kappa shape index (κ2) is 8.59. The molecular weight excluding hydrogens is 397 g/mol. The Labute approximate surface area is 162 Å². The van der Waals surface area contributed by atoms with E-state index in [0.29, 0.717) is 0 Å². The summed E-state index contributed by atoms with van der Waals surface area (Å²) < 4.78 is 47.6. The van der Waals surface area contributed by atoms with E-state index in [0.717, 1.165) is 36.4 Å². The van der Waals surface area contributed by atoms with Gasteiger partial charge in [0.05, 0.1) is 34.9 Å². The maximum atomic E-state index is 12.6. The number of hydrogen-bond acceptors (Lipinski definition) is 6. The van der Waals surface area contributed by atoms with Gasteiger partial charge >= 0.3 is 12.1 Å². The summed E-state index contributed by atoms with van der Waals surface area (Å²) >= 11 is 0. The first kappa shape index (κ1) is 21.7. The highest BCUT2D eigenvalue weighted by atomic mass is 19.4. The van der Waals surface area contributed by atoms with Crippen molar-refractivity contribution in [1.82, 2.24) is 0 Å². The van der Waals surface area contributed by atoms with Crippen LogP contribution in [0.25, 0.3) is 0 Å². The van der Waals surface area contributed by atoms with Crippen molar-refractivity contribution >= 4 is 23.3 Å². The second-order valence-electron chi connectivity index (χ2n) is 5.75. The number of carbonyl (C=O) groups is 2. The summed E-state index contributed by atoms with van der Waals surface area (Å²) in [5, 5.41) is 13.2. The molecule has 0 spiro atoms. The molecule has 29 heavy (non-hydrogen) atoms. The average Bonchev–Trinajstić information content (AvgIpc) is 2.67. The summed E-state index contributed by atoms with van der Waals surface area (Å²) in [4.78, 5) is 34.4. The van der Waals surface area contributed by atoms with E-state index < -0.39 is 34.6 Å². The highest BCUT2D eigenvalue weighted by Gasteiger charge is 2.30. The molecule has 2 rings (SSSR count). The number of carbonyl (C=O) groups excluding carboxylic acids is 2. The highest BCUT2D eigenvalue weighted by Crippen LogP contribution is 2.30. The zero-order chi connectivity index (χ0) is 21.8. The Hall–Kier alpha value is -3.63. The van der Waals surface area contributed by atoms with E-state index in [4.69, 9.17) is 9.47 Å². The maximum Gasteiger partial charge on any atom is 0.416 e. The molecule has 0 radical (unpaired) electrons. The van der Waals surface area contributed by atoms with Gasteiger partial charge in [0.2, 0.25) is 0 Å². The van der Waals surface area contributed by atoms with Crippen LogP contribution in [0.15, 0.2) is 42.5 Å². The SMILES string of the molecule is COc1cc([N+](=O)[O-])ccc1NC(=O)[C@H](C)OC(=O)c1ccc(C(F)(F)F)cc1. The van der Waals surface area contributed by atoms with Gasteiger partial charge in [0.15, 0.2) is 6.10 Å². The molecule has 0 saturated carbocycles. The third-order valence-corrected chi connectivity index (χ3v) is 3.75. The van der Waals surface area contributed by atoms with E-state index in [1.165, 1.54) is 20.1 Å². The average molecular weight is 412 g/mol. The third-order valence-electron chi connectivity index (χ3n) is 3.75. The molecule has 1 amide bonds. The number of nitrogens with zero attached hydrogens (tertiary/aromatic N) is 1. The molecule has 2 aromatic carbocycles. The van der Waals surface area contributed by atoms with Gasteiger partial charge in [-0.3, -0.25) is 14.9 Å². The number of alkyl halides is 3. The number of amides is 1. The monoisotopic (exact) mass is 412 g/mol. The van der Waals surface area contributed by atoms with Crippen molar-refractivity contribution in [2.45, 2.75) is 19.2 Å². The number of benzene rings is 2. The van der Waals surface area contributed by atoms with Crippen LogP contribution in [0.2, 0.25) is 0 Å². The Balaban J connectivity index is 2.05. The van der Waals surface area contributed by atoms with Crippen LogP contribution >= 0.6 is 0 Å². The fourth-order valence-electron chi connectivity index (χ4n) is 2.21. The van der Waals surface area contributed by atoms with E-state index in [1.807, 2.05) is 0 Å². The molecular formula is C18H15F3N2O6. The number of hydrogen-bond donors (Lipinski definition) is 1. The van der Waals surface area contributed by atoms with Gasteiger partial charge in [-0.15, -0.1) is 0 Å². The van der Waals surface area contributed by atoms with Gasteiger partial charge in [0.25, 0.3) is 11.6 Å². The first-order chi connectivity index (χ1) is 13.5. The van der Waals surface area contributed by atoms with Crippen LogP contribution < -0.4 is 10.1 Å². The first-order valence-corrected chi connectivity index (χ1v) is 8.04. The lowest BCUT2D eigenvalue weighted by Crippen LogP contribution is -2.30. The van der Waals surface area contributed by atoms with E-state index in [2.05, 4.69) is 5.32 Å². The first-order valence-electron chi connectivity index (χ1n) is 8.04. The van der Waals surface area contributed by atoms with Crippen LogP contribution in [0.1, 0.15) is 22.8 Å². The minimum Gasteiger partial charge on any atom is -0.494 e. The smallest absolute Gasteiger partial charge is 0.416 e. The summed E-state index contributed by atoms with van der Waals surface area (Å²) in [7, 11) is 1.25. The van der Waals surface area contributed by atoms with Crippen LogP contribution in [0.3, 0.4) is 0 Å². The predicted molar refractivity (Wildman–Crippen MR) is 94.6 cm³/mol. The van der Waals surface area contributed by atoms with Crippen LogP contribution in [0, 0.1) is 10.1 Å². The molecule has 11 heteroatoms. The standard InChI is InChI=1S/C18H15F3N2O6/c1-10(29-17(25)11-3-5-12(6-4-11)18(19,20)21)16(24)22-14-8-7-13(23(26)27)9-15(14)28-2/h3-10H,1-2H3,(H,22,24)/t10-/m0/s1. The van der Waals surface area contributed by atoms with Crippen LogP contribution in [-0.4, -0.2) is 30.0 Å². The third kappa shape index (κ3) is 5.43. The number of anilines is 1.